The van der Waals surface area contributed by atoms with Gasteiger partial charge in [-0.2, -0.15) is 0 Å². The highest BCUT2D eigenvalue weighted by molar-refractivity contribution is 5.94. The van der Waals surface area contributed by atoms with Crippen LogP contribution in [0.3, 0.4) is 0 Å². The number of carbonyl (C=O) groups is 1. The number of hydrogen-bond donors (Lipinski definition) is 0. The standard InChI is InChI=1S/C22H25NO5/c1-23(13-19-15-27-20-6-2-3-7-21(20)28-19)22(24)16-8-10-17(11-9-16)26-14-18-5-4-12-25-18/h2-3,6-11,18-19H,4-5,12-15H2,1H3/t18-,19-/m1/s1. The Morgan fingerprint density at radius 3 is 2.64 bits per heavy atom. The number of ether oxygens (including phenoxy) is 4. The van der Waals surface area contributed by atoms with Crippen molar-refractivity contribution in [2.24, 2.45) is 0 Å². The molecular weight excluding hydrogens is 358 g/mol. The Balaban J connectivity index is 1.30. The van der Waals surface area contributed by atoms with Gasteiger partial charge in [-0.1, -0.05) is 12.1 Å². The van der Waals surface area contributed by atoms with Crippen molar-refractivity contribution in [1.82, 2.24) is 4.90 Å². The molecule has 148 valence electrons. The predicted molar refractivity (Wildman–Crippen MR) is 104 cm³/mol. The van der Waals surface area contributed by atoms with E-state index in [9.17, 15) is 4.79 Å². The molecular formula is C22H25NO5. The van der Waals surface area contributed by atoms with Crippen molar-refractivity contribution in [1.29, 1.82) is 0 Å². The van der Waals surface area contributed by atoms with Gasteiger partial charge in [-0.05, 0) is 49.2 Å². The Morgan fingerprint density at radius 1 is 1.11 bits per heavy atom. The second-order valence-electron chi connectivity index (χ2n) is 7.15. The van der Waals surface area contributed by atoms with Gasteiger partial charge < -0.3 is 23.8 Å². The SMILES string of the molecule is CN(C[C@@H]1COc2ccccc2O1)C(=O)c1ccc(OC[C@H]2CCCO2)cc1. The molecule has 0 unspecified atom stereocenters. The summed E-state index contributed by atoms with van der Waals surface area (Å²) in [6, 6.07) is 14.8. The number of benzene rings is 2. The molecule has 0 N–H and O–H groups in total. The largest absolute Gasteiger partial charge is 0.491 e. The fraction of sp³-hybridized carbons (Fsp3) is 0.409. The van der Waals surface area contributed by atoms with Crippen molar-refractivity contribution in [3.8, 4) is 17.2 Å². The summed E-state index contributed by atoms with van der Waals surface area (Å²) in [5.74, 6) is 2.14. The first kappa shape index (κ1) is 18.6. The number of para-hydroxylation sites is 2. The number of hydrogen-bond acceptors (Lipinski definition) is 5. The summed E-state index contributed by atoms with van der Waals surface area (Å²) in [6.07, 6.45) is 2.11. The van der Waals surface area contributed by atoms with E-state index in [-0.39, 0.29) is 18.1 Å². The van der Waals surface area contributed by atoms with Gasteiger partial charge in [-0.25, -0.2) is 0 Å². The maximum atomic E-state index is 12.7. The van der Waals surface area contributed by atoms with Crippen molar-refractivity contribution in [3.63, 3.8) is 0 Å². The van der Waals surface area contributed by atoms with Crippen LogP contribution in [0.25, 0.3) is 0 Å². The first-order valence-electron chi connectivity index (χ1n) is 9.67. The zero-order chi connectivity index (χ0) is 19.3. The summed E-state index contributed by atoms with van der Waals surface area (Å²) in [5.41, 5.74) is 0.615. The fourth-order valence-corrected chi connectivity index (χ4v) is 3.42. The Hall–Kier alpha value is -2.73. The number of amides is 1. The molecule has 28 heavy (non-hydrogen) atoms. The van der Waals surface area contributed by atoms with Crippen LogP contribution in [0.1, 0.15) is 23.2 Å². The van der Waals surface area contributed by atoms with Crippen LogP contribution in [-0.4, -0.2) is 56.4 Å². The van der Waals surface area contributed by atoms with Gasteiger partial charge in [0.15, 0.2) is 17.6 Å². The van der Waals surface area contributed by atoms with Gasteiger partial charge >= 0.3 is 0 Å². The molecule has 6 heteroatoms. The van der Waals surface area contributed by atoms with Crippen molar-refractivity contribution >= 4 is 5.91 Å². The van der Waals surface area contributed by atoms with Gasteiger partial charge in [0.05, 0.1) is 12.6 Å². The molecule has 0 bridgehead atoms. The minimum atomic E-state index is -0.196. The second-order valence-corrected chi connectivity index (χ2v) is 7.15. The van der Waals surface area contributed by atoms with Gasteiger partial charge in [0, 0.05) is 19.2 Å². The highest BCUT2D eigenvalue weighted by Crippen LogP contribution is 2.31. The number of nitrogens with zero attached hydrogens (tertiary/aromatic N) is 1. The van der Waals surface area contributed by atoms with Gasteiger partial charge in [0.2, 0.25) is 0 Å². The number of likely N-dealkylation sites (N-methyl/N-ethyl adjacent to an activating group) is 1. The van der Waals surface area contributed by atoms with E-state index >= 15 is 0 Å². The lowest BCUT2D eigenvalue weighted by Gasteiger charge is -2.29. The Morgan fingerprint density at radius 2 is 1.89 bits per heavy atom. The maximum absolute atomic E-state index is 12.7. The Labute approximate surface area is 165 Å². The monoisotopic (exact) mass is 383 g/mol. The van der Waals surface area contributed by atoms with E-state index in [0.717, 1.165) is 30.9 Å². The van der Waals surface area contributed by atoms with E-state index in [1.165, 1.54) is 0 Å². The third-order valence-corrected chi connectivity index (χ3v) is 4.95. The molecule has 2 heterocycles. The molecule has 0 aromatic heterocycles. The van der Waals surface area contributed by atoms with E-state index in [1.807, 2.05) is 36.4 Å². The Bertz CT molecular complexity index is 801. The molecule has 0 spiro atoms. The first-order chi connectivity index (χ1) is 13.7. The Kier molecular flexibility index (Phi) is 5.67. The molecule has 0 aliphatic carbocycles. The summed E-state index contributed by atoms with van der Waals surface area (Å²) in [4.78, 5) is 14.4. The zero-order valence-corrected chi connectivity index (χ0v) is 16.0. The molecule has 0 radical (unpaired) electrons. The molecule has 2 atom stereocenters. The topological polar surface area (TPSA) is 57.2 Å². The van der Waals surface area contributed by atoms with E-state index < -0.39 is 0 Å². The van der Waals surface area contributed by atoms with Crippen molar-refractivity contribution in [2.45, 2.75) is 25.0 Å². The van der Waals surface area contributed by atoms with Crippen molar-refractivity contribution < 1.29 is 23.7 Å². The molecule has 2 aliphatic rings. The lowest BCUT2D eigenvalue weighted by Crippen LogP contribution is -2.41. The van der Waals surface area contributed by atoms with Gasteiger partial charge in [0.1, 0.15) is 19.0 Å². The third kappa shape index (κ3) is 4.39. The van der Waals surface area contributed by atoms with E-state index in [0.29, 0.717) is 31.1 Å². The summed E-state index contributed by atoms with van der Waals surface area (Å²) < 4.78 is 23.0. The average molecular weight is 383 g/mol. The molecule has 0 saturated carbocycles. The molecule has 4 rings (SSSR count). The second kappa shape index (κ2) is 8.52. The molecule has 1 fully saturated rings. The van der Waals surface area contributed by atoms with Crippen molar-refractivity contribution in [3.05, 3.63) is 54.1 Å². The maximum Gasteiger partial charge on any atom is 0.253 e. The van der Waals surface area contributed by atoms with Gasteiger partial charge in [-0.15, -0.1) is 0 Å². The lowest BCUT2D eigenvalue weighted by atomic mass is 10.2. The molecule has 1 amide bonds. The normalized spacial score (nSPS) is 20.6. The van der Waals surface area contributed by atoms with Gasteiger partial charge in [-0.3, -0.25) is 4.79 Å². The van der Waals surface area contributed by atoms with Crippen LogP contribution < -0.4 is 14.2 Å². The molecule has 2 aromatic carbocycles. The van der Waals surface area contributed by atoms with E-state index in [1.54, 1.807) is 24.1 Å². The fourth-order valence-electron chi connectivity index (χ4n) is 3.42. The number of carbonyl (C=O) groups excluding carboxylic acids is 1. The van der Waals surface area contributed by atoms with Crippen LogP contribution in [0, 0.1) is 0 Å². The number of fused-ring (bicyclic) bond motifs is 1. The molecule has 1 saturated heterocycles. The summed E-state index contributed by atoms with van der Waals surface area (Å²) >= 11 is 0. The van der Waals surface area contributed by atoms with E-state index in [2.05, 4.69) is 0 Å². The summed E-state index contributed by atoms with van der Waals surface area (Å²) in [6.45, 7) is 2.23. The van der Waals surface area contributed by atoms with Crippen LogP contribution >= 0.6 is 0 Å². The smallest absolute Gasteiger partial charge is 0.253 e. The van der Waals surface area contributed by atoms with Crippen LogP contribution in [0.15, 0.2) is 48.5 Å². The highest BCUT2D eigenvalue weighted by Gasteiger charge is 2.24. The number of rotatable bonds is 6. The summed E-state index contributed by atoms with van der Waals surface area (Å²) in [7, 11) is 1.77. The van der Waals surface area contributed by atoms with E-state index in [4.69, 9.17) is 18.9 Å². The van der Waals surface area contributed by atoms with Gasteiger partial charge in [0.25, 0.3) is 5.91 Å². The lowest BCUT2D eigenvalue weighted by molar-refractivity contribution is 0.0520. The van der Waals surface area contributed by atoms with Crippen LogP contribution in [-0.2, 0) is 4.74 Å². The molecule has 6 nitrogen and oxygen atoms in total. The van der Waals surface area contributed by atoms with Crippen LogP contribution in [0.4, 0.5) is 0 Å². The molecule has 2 aliphatic heterocycles. The third-order valence-electron chi connectivity index (χ3n) is 4.95. The first-order valence-corrected chi connectivity index (χ1v) is 9.67. The quantitative estimate of drug-likeness (QED) is 0.767. The minimum absolute atomic E-state index is 0.0619. The van der Waals surface area contributed by atoms with Crippen molar-refractivity contribution in [2.75, 3.05) is 33.4 Å². The predicted octanol–water partition coefficient (Wildman–Crippen LogP) is 3.16. The molecule has 2 aromatic rings. The summed E-state index contributed by atoms with van der Waals surface area (Å²) in [5, 5.41) is 0. The van der Waals surface area contributed by atoms with Crippen LogP contribution in [0.5, 0.6) is 17.2 Å². The van der Waals surface area contributed by atoms with Crippen LogP contribution in [0.2, 0.25) is 0 Å². The minimum Gasteiger partial charge on any atom is -0.491 e. The zero-order valence-electron chi connectivity index (χ0n) is 16.0. The average Bonchev–Trinajstić information content (AvgIpc) is 3.26. The highest BCUT2D eigenvalue weighted by atomic mass is 16.6.